The highest BCUT2D eigenvalue weighted by Crippen LogP contribution is 2.65. The van der Waals surface area contributed by atoms with Crippen molar-refractivity contribution in [2.24, 2.45) is 5.41 Å². The third kappa shape index (κ3) is 4.72. The lowest BCUT2D eigenvalue weighted by Crippen LogP contribution is -2.45. The molecule has 1 saturated carbocycles. The maximum atomic E-state index is 14.1. The fourth-order valence-electron chi connectivity index (χ4n) is 7.11. The summed E-state index contributed by atoms with van der Waals surface area (Å²) < 4.78 is 55.7. The van der Waals surface area contributed by atoms with Gasteiger partial charge < -0.3 is 14.8 Å². The van der Waals surface area contributed by atoms with Crippen LogP contribution in [0.4, 0.5) is 17.6 Å². The second-order valence-electron chi connectivity index (χ2n) is 11.9. The number of alkyl halides is 3. The number of likely N-dealkylation sites (tertiary alicyclic amines) is 1. The highest BCUT2D eigenvalue weighted by molar-refractivity contribution is 9.10. The van der Waals surface area contributed by atoms with Crippen LogP contribution in [0.3, 0.4) is 0 Å². The van der Waals surface area contributed by atoms with Crippen LogP contribution in [0.1, 0.15) is 54.2 Å². The monoisotopic (exact) mass is 659 g/mol. The molecule has 13 heteroatoms. The van der Waals surface area contributed by atoms with E-state index in [1.165, 1.54) is 6.07 Å². The zero-order chi connectivity index (χ0) is 30.3. The average molecular weight is 660 g/mol. The van der Waals surface area contributed by atoms with Crippen molar-refractivity contribution in [2.45, 2.75) is 50.2 Å². The number of rotatable bonds is 4. The molecule has 2 aromatic heterocycles. The molecule has 0 radical (unpaired) electrons. The van der Waals surface area contributed by atoms with Crippen LogP contribution in [0, 0.1) is 11.2 Å². The first-order valence-electron chi connectivity index (χ1n) is 14.0. The van der Waals surface area contributed by atoms with Crippen LogP contribution in [0.5, 0.6) is 0 Å². The Morgan fingerprint density at radius 1 is 1.12 bits per heavy atom. The van der Waals surface area contributed by atoms with Crippen LogP contribution in [0.25, 0.3) is 21.8 Å². The van der Waals surface area contributed by atoms with E-state index in [-0.39, 0.29) is 48.2 Å². The summed E-state index contributed by atoms with van der Waals surface area (Å²) in [4.78, 5) is 45.3. The minimum absolute atomic E-state index is 0.143. The highest BCUT2D eigenvalue weighted by Gasteiger charge is 2.65. The van der Waals surface area contributed by atoms with Crippen molar-refractivity contribution in [1.82, 2.24) is 25.0 Å². The Bertz CT molecular complexity index is 1860. The van der Waals surface area contributed by atoms with Crippen LogP contribution in [0.2, 0.25) is 0 Å². The molecule has 8 nitrogen and oxygen atoms in total. The van der Waals surface area contributed by atoms with Gasteiger partial charge in [0, 0.05) is 52.8 Å². The second-order valence-corrected chi connectivity index (χ2v) is 12.7. The van der Waals surface area contributed by atoms with Crippen molar-refractivity contribution >= 4 is 49.6 Å². The van der Waals surface area contributed by atoms with Gasteiger partial charge in [-0.25, -0.2) is 4.39 Å². The number of pyridine rings is 1. The van der Waals surface area contributed by atoms with Crippen molar-refractivity contribution in [3.8, 4) is 0 Å². The Morgan fingerprint density at radius 3 is 2.63 bits per heavy atom. The quantitative estimate of drug-likeness (QED) is 0.283. The number of nitrogens with zero attached hydrogens (tertiary/aromatic N) is 3. The molecule has 2 aliphatic heterocycles. The Balaban J connectivity index is 1.13. The molecule has 3 aliphatic rings. The number of para-hydroxylation sites is 1. The van der Waals surface area contributed by atoms with Crippen molar-refractivity contribution in [2.75, 3.05) is 19.6 Å². The standard InChI is InChI=1S/C30H26BrF4N5O3/c31-22-9-18-20(19-12-36-38-26(19)22)13-40(14-30(33,34)35)28(43)29(10-21(18)29)11-24(41)39-6-4-15(5-7-39)17-8-16-2-1-3-23(32)25(16)37-27(17)42/h1-3,8-9,12,15,21H,4-7,10-11,13-14H2,(H,36,38)(H,37,42). The van der Waals surface area contributed by atoms with Crippen LogP contribution in [-0.2, 0) is 16.1 Å². The van der Waals surface area contributed by atoms with E-state index in [0.717, 1.165) is 10.5 Å². The van der Waals surface area contributed by atoms with Gasteiger partial charge in [-0.05, 0) is 70.4 Å². The molecule has 1 saturated heterocycles. The molecule has 4 aromatic rings. The summed E-state index contributed by atoms with van der Waals surface area (Å²) in [5, 5.41) is 8.14. The molecule has 2 atom stereocenters. The predicted molar refractivity (Wildman–Crippen MR) is 153 cm³/mol. The van der Waals surface area contributed by atoms with E-state index in [0.29, 0.717) is 57.8 Å². The largest absolute Gasteiger partial charge is 0.406 e. The number of carbonyl (C=O) groups excluding carboxylic acids is 2. The Labute approximate surface area is 250 Å². The normalized spacial score (nSPS) is 22.5. The molecule has 0 bridgehead atoms. The lowest BCUT2D eigenvalue weighted by molar-refractivity contribution is -0.166. The number of aromatic nitrogens is 3. The predicted octanol–water partition coefficient (Wildman–Crippen LogP) is 5.48. The summed E-state index contributed by atoms with van der Waals surface area (Å²) in [7, 11) is 0. The molecular formula is C30H26BrF4N5O3. The molecule has 2 aromatic carbocycles. The van der Waals surface area contributed by atoms with Crippen LogP contribution in [-0.4, -0.2) is 62.6 Å². The molecule has 1 aliphatic carbocycles. The number of aromatic amines is 2. The maximum Gasteiger partial charge on any atom is 0.406 e. The number of nitrogens with one attached hydrogen (secondary N) is 2. The summed E-state index contributed by atoms with van der Waals surface area (Å²) in [6.07, 6.45) is -1.96. The molecule has 2 N–H and O–H groups in total. The number of benzene rings is 2. The fourth-order valence-corrected chi connectivity index (χ4v) is 7.66. The molecule has 4 heterocycles. The van der Waals surface area contributed by atoms with Gasteiger partial charge in [0.2, 0.25) is 11.8 Å². The lowest BCUT2D eigenvalue weighted by Gasteiger charge is -2.33. The van der Waals surface area contributed by atoms with E-state index in [1.807, 2.05) is 6.07 Å². The molecular weight excluding hydrogens is 634 g/mol. The lowest BCUT2D eigenvalue weighted by atomic mass is 9.88. The summed E-state index contributed by atoms with van der Waals surface area (Å²) in [6.45, 7) is -0.954. The Kier molecular flexibility index (Phi) is 6.46. The minimum atomic E-state index is -4.60. The number of hydrogen-bond donors (Lipinski definition) is 2. The molecule has 2 fully saturated rings. The van der Waals surface area contributed by atoms with Crippen molar-refractivity contribution in [3.05, 3.63) is 73.9 Å². The van der Waals surface area contributed by atoms with E-state index in [4.69, 9.17) is 0 Å². The highest BCUT2D eigenvalue weighted by atomic mass is 79.9. The first-order chi connectivity index (χ1) is 20.4. The van der Waals surface area contributed by atoms with E-state index < -0.39 is 29.9 Å². The second kappa shape index (κ2) is 9.90. The van der Waals surface area contributed by atoms with Crippen LogP contribution >= 0.6 is 15.9 Å². The number of carbonyl (C=O) groups is 2. The van der Waals surface area contributed by atoms with E-state index >= 15 is 0 Å². The third-order valence-corrected chi connectivity index (χ3v) is 9.95. The number of amides is 2. The van der Waals surface area contributed by atoms with Gasteiger partial charge >= 0.3 is 6.18 Å². The minimum Gasteiger partial charge on any atom is -0.343 e. The first-order valence-corrected chi connectivity index (χ1v) is 14.8. The summed E-state index contributed by atoms with van der Waals surface area (Å²) in [6, 6.07) is 8.10. The van der Waals surface area contributed by atoms with E-state index in [9.17, 15) is 31.9 Å². The topological polar surface area (TPSA) is 102 Å². The van der Waals surface area contributed by atoms with Crippen molar-refractivity contribution < 1.29 is 27.2 Å². The van der Waals surface area contributed by atoms with Crippen LogP contribution in [0.15, 0.2) is 45.8 Å². The van der Waals surface area contributed by atoms with Gasteiger partial charge in [-0.3, -0.25) is 19.5 Å². The Morgan fingerprint density at radius 2 is 1.88 bits per heavy atom. The number of H-pyrrole nitrogens is 2. The van der Waals surface area contributed by atoms with E-state index in [1.54, 1.807) is 29.3 Å². The fraction of sp³-hybridized carbons (Fsp3) is 0.400. The molecule has 7 rings (SSSR count). The maximum absolute atomic E-state index is 14.1. The van der Waals surface area contributed by atoms with Gasteiger partial charge in [-0.2, -0.15) is 18.3 Å². The first kappa shape index (κ1) is 28.1. The zero-order valence-corrected chi connectivity index (χ0v) is 24.3. The van der Waals surface area contributed by atoms with Gasteiger partial charge in [0.05, 0.1) is 22.6 Å². The zero-order valence-electron chi connectivity index (χ0n) is 22.7. The van der Waals surface area contributed by atoms with Gasteiger partial charge in [0.15, 0.2) is 0 Å². The number of halogens is 5. The van der Waals surface area contributed by atoms with Crippen molar-refractivity contribution in [3.63, 3.8) is 0 Å². The Hall–Kier alpha value is -3.74. The number of piperidine rings is 1. The molecule has 2 unspecified atom stereocenters. The van der Waals surface area contributed by atoms with Gasteiger partial charge in [0.1, 0.15) is 12.4 Å². The van der Waals surface area contributed by atoms with Gasteiger partial charge in [0.25, 0.3) is 5.56 Å². The summed E-state index contributed by atoms with van der Waals surface area (Å²) >= 11 is 3.52. The number of fused-ring (bicyclic) bond motifs is 6. The smallest absolute Gasteiger partial charge is 0.343 e. The molecule has 2 amide bonds. The SMILES string of the molecule is O=C(CC12CC1c1cc(Br)c3[nH]ncc3c1CN(CC(F)(F)F)C2=O)N1CCC(c2cc3cccc(F)c3[nH]c2=O)CC1. The molecule has 224 valence electrons. The van der Waals surface area contributed by atoms with Crippen LogP contribution < -0.4 is 5.56 Å². The van der Waals surface area contributed by atoms with Gasteiger partial charge in [-0.1, -0.05) is 12.1 Å². The van der Waals surface area contributed by atoms with E-state index in [2.05, 4.69) is 31.1 Å². The molecule has 0 spiro atoms. The molecule has 43 heavy (non-hydrogen) atoms. The summed E-state index contributed by atoms with van der Waals surface area (Å²) in [5.74, 6) is -1.98. The summed E-state index contributed by atoms with van der Waals surface area (Å²) in [5.41, 5.74) is 1.08. The third-order valence-electron chi connectivity index (χ3n) is 9.33. The van der Waals surface area contributed by atoms with Gasteiger partial charge in [-0.15, -0.1) is 0 Å². The number of hydrogen-bond acceptors (Lipinski definition) is 4. The van der Waals surface area contributed by atoms with Crippen molar-refractivity contribution in [1.29, 1.82) is 0 Å². The average Bonchev–Trinajstić information content (AvgIpc) is 3.47.